The summed E-state index contributed by atoms with van der Waals surface area (Å²) < 4.78 is 4.73. The van der Waals surface area contributed by atoms with Crippen LogP contribution in [0.25, 0.3) is 0 Å². The SMILES string of the molecule is COC(=O)c1sc(C(C)=O)cc1C(C)(C)C. The van der Waals surface area contributed by atoms with E-state index < -0.39 is 0 Å². The van der Waals surface area contributed by atoms with Gasteiger partial charge in [0.05, 0.1) is 12.0 Å². The maximum atomic E-state index is 11.6. The molecule has 0 aromatic carbocycles. The van der Waals surface area contributed by atoms with Crippen LogP contribution in [0, 0.1) is 0 Å². The minimum atomic E-state index is -0.373. The van der Waals surface area contributed by atoms with Crippen molar-refractivity contribution in [3.05, 3.63) is 21.4 Å². The van der Waals surface area contributed by atoms with Gasteiger partial charge in [0.25, 0.3) is 0 Å². The van der Waals surface area contributed by atoms with Crippen LogP contribution in [0.2, 0.25) is 0 Å². The molecule has 0 spiro atoms. The predicted molar refractivity (Wildman–Crippen MR) is 64.4 cm³/mol. The normalized spacial score (nSPS) is 11.3. The second kappa shape index (κ2) is 4.37. The second-order valence-corrected chi connectivity index (χ2v) is 5.70. The van der Waals surface area contributed by atoms with Gasteiger partial charge in [0, 0.05) is 0 Å². The Balaban J connectivity index is 3.34. The van der Waals surface area contributed by atoms with Crippen molar-refractivity contribution >= 4 is 23.1 Å². The van der Waals surface area contributed by atoms with Gasteiger partial charge in [-0.15, -0.1) is 11.3 Å². The molecule has 3 nitrogen and oxygen atoms in total. The molecule has 4 heteroatoms. The van der Waals surface area contributed by atoms with E-state index in [9.17, 15) is 9.59 Å². The molecule has 0 atom stereocenters. The summed E-state index contributed by atoms with van der Waals surface area (Å²) in [5, 5.41) is 0. The number of esters is 1. The number of methoxy groups -OCH3 is 1. The minimum Gasteiger partial charge on any atom is -0.465 e. The Labute approximate surface area is 99.4 Å². The van der Waals surface area contributed by atoms with E-state index in [2.05, 4.69) is 0 Å². The van der Waals surface area contributed by atoms with Crippen molar-refractivity contribution in [2.45, 2.75) is 33.1 Å². The monoisotopic (exact) mass is 240 g/mol. The lowest BCUT2D eigenvalue weighted by Crippen LogP contribution is -2.15. The fraction of sp³-hybridized carbons (Fsp3) is 0.500. The third-order valence-corrected chi connectivity index (χ3v) is 3.47. The van der Waals surface area contributed by atoms with Crippen molar-refractivity contribution in [2.24, 2.45) is 0 Å². The summed E-state index contributed by atoms with van der Waals surface area (Å²) in [5.74, 6) is -0.395. The predicted octanol–water partition coefficient (Wildman–Crippen LogP) is 3.03. The molecule has 1 aromatic rings. The first-order chi connectivity index (χ1) is 7.27. The topological polar surface area (TPSA) is 43.4 Å². The van der Waals surface area contributed by atoms with Crippen molar-refractivity contribution in [2.75, 3.05) is 7.11 Å². The van der Waals surface area contributed by atoms with E-state index in [4.69, 9.17) is 4.74 Å². The number of hydrogen-bond donors (Lipinski definition) is 0. The number of carbonyl (C=O) groups is 2. The van der Waals surface area contributed by atoms with Crippen molar-refractivity contribution in [1.29, 1.82) is 0 Å². The van der Waals surface area contributed by atoms with E-state index in [1.165, 1.54) is 25.4 Å². The number of rotatable bonds is 2. The molecule has 0 fully saturated rings. The third kappa shape index (κ3) is 2.50. The molecule has 0 N–H and O–H groups in total. The molecule has 16 heavy (non-hydrogen) atoms. The fourth-order valence-electron chi connectivity index (χ4n) is 1.37. The standard InChI is InChI=1S/C12H16O3S/c1-7(13)9-6-8(12(2,3)4)10(16-9)11(14)15-5/h6H,1-5H3. The lowest BCUT2D eigenvalue weighted by atomic mass is 9.87. The van der Waals surface area contributed by atoms with E-state index in [-0.39, 0.29) is 17.2 Å². The van der Waals surface area contributed by atoms with Crippen LogP contribution >= 0.6 is 11.3 Å². The molecule has 1 rings (SSSR count). The van der Waals surface area contributed by atoms with E-state index >= 15 is 0 Å². The molecule has 0 aliphatic heterocycles. The molecule has 0 bridgehead atoms. The number of ether oxygens (including phenoxy) is 1. The van der Waals surface area contributed by atoms with Gasteiger partial charge in [-0.1, -0.05) is 20.8 Å². The molecule has 1 aromatic heterocycles. The lowest BCUT2D eigenvalue weighted by molar-refractivity contribution is 0.0603. The minimum absolute atomic E-state index is 0.0225. The van der Waals surface area contributed by atoms with Gasteiger partial charge in [-0.3, -0.25) is 4.79 Å². The smallest absolute Gasteiger partial charge is 0.348 e. The van der Waals surface area contributed by atoms with Crippen LogP contribution in [0.4, 0.5) is 0 Å². The number of thiophene rings is 1. The Bertz CT molecular complexity index is 424. The van der Waals surface area contributed by atoms with E-state index in [1.54, 1.807) is 6.07 Å². The van der Waals surface area contributed by atoms with Gasteiger partial charge in [0.15, 0.2) is 5.78 Å². The van der Waals surface area contributed by atoms with Crippen molar-refractivity contribution in [1.82, 2.24) is 0 Å². The zero-order valence-electron chi connectivity index (χ0n) is 10.2. The quantitative estimate of drug-likeness (QED) is 0.589. The van der Waals surface area contributed by atoms with Crippen LogP contribution in [0.5, 0.6) is 0 Å². The van der Waals surface area contributed by atoms with Gasteiger partial charge in [-0.05, 0) is 24.0 Å². The van der Waals surface area contributed by atoms with Crippen LogP contribution < -0.4 is 0 Å². The van der Waals surface area contributed by atoms with Crippen LogP contribution in [0.3, 0.4) is 0 Å². The van der Waals surface area contributed by atoms with Gasteiger partial charge >= 0.3 is 5.97 Å². The first kappa shape index (κ1) is 12.9. The van der Waals surface area contributed by atoms with E-state index in [0.29, 0.717) is 9.75 Å². The Morgan fingerprint density at radius 1 is 1.31 bits per heavy atom. The summed E-state index contributed by atoms with van der Waals surface area (Å²) in [6, 6.07) is 1.79. The molecule has 0 amide bonds. The summed E-state index contributed by atoms with van der Waals surface area (Å²) in [6.45, 7) is 7.52. The highest BCUT2D eigenvalue weighted by Crippen LogP contribution is 2.33. The average molecular weight is 240 g/mol. The average Bonchev–Trinajstić information content (AvgIpc) is 2.60. The highest BCUT2D eigenvalue weighted by Gasteiger charge is 2.26. The highest BCUT2D eigenvalue weighted by molar-refractivity contribution is 7.16. The third-order valence-electron chi connectivity index (χ3n) is 2.26. The Kier molecular flexibility index (Phi) is 3.53. The number of hydrogen-bond acceptors (Lipinski definition) is 4. The summed E-state index contributed by atoms with van der Waals surface area (Å²) in [5.41, 5.74) is 0.697. The van der Waals surface area contributed by atoms with Crippen molar-refractivity contribution < 1.29 is 14.3 Å². The Hall–Kier alpha value is -1.16. The Morgan fingerprint density at radius 2 is 1.88 bits per heavy atom. The molecule has 0 saturated carbocycles. The maximum absolute atomic E-state index is 11.6. The Morgan fingerprint density at radius 3 is 2.25 bits per heavy atom. The van der Waals surface area contributed by atoms with Gasteiger partial charge in [0.1, 0.15) is 4.88 Å². The first-order valence-electron chi connectivity index (χ1n) is 5.01. The number of carbonyl (C=O) groups excluding carboxylic acids is 2. The molecule has 0 unspecified atom stereocenters. The van der Waals surface area contributed by atoms with Crippen LogP contribution in [0.1, 0.15) is 52.6 Å². The lowest BCUT2D eigenvalue weighted by Gasteiger charge is -2.18. The van der Waals surface area contributed by atoms with E-state index in [1.807, 2.05) is 20.8 Å². The highest BCUT2D eigenvalue weighted by atomic mass is 32.1. The van der Waals surface area contributed by atoms with Gasteiger partial charge < -0.3 is 4.74 Å². The molecular weight excluding hydrogens is 224 g/mol. The van der Waals surface area contributed by atoms with E-state index in [0.717, 1.165) is 5.56 Å². The molecular formula is C12H16O3S. The van der Waals surface area contributed by atoms with Crippen molar-refractivity contribution in [3.8, 4) is 0 Å². The first-order valence-corrected chi connectivity index (χ1v) is 5.82. The summed E-state index contributed by atoms with van der Waals surface area (Å²) in [4.78, 5) is 24.0. The van der Waals surface area contributed by atoms with Crippen LogP contribution in [0.15, 0.2) is 6.07 Å². The summed E-state index contributed by atoms with van der Waals surface area (Å²) in [7, 11) is 1.35. The molecule has 0 saturated heterocycles. The van der Waals surface area contributed by atoms with Crippen LogP contribution in [-0.2, 0) is 10.2 Å². The molecule has 0 aliphatic carbocycles. The number of Topliss-reactive ketones (excluding diaryl/α,β-unsaturated/α-hetero) is 1. The van der Waals surface area contributed by atoms with Crippen molar-refractivity contribution in [3.63, 3.8) is 0 Å². The molecule has 0 aliphatic rings. The molecule has 0 radical (unpaired) electrons. The largest absolute Gasteiger partial charge is 0.465 e. The zero-order valence-corrected chi connectivity index (χ0v) is 11.0. The molecule has 88 valence electrons. The summed E-state index contributed by atoms with van der Waals surface area (Å²) >= 11 is 1.20. The number of ketones is 1. The fourth-order valence-corrected chi connectivity index (χ4v) is 2.55. The zero-order chi connectivity index (χ0) is 12.5. The maximum Gasteiger partial charge on any atom is 0.348 e. The second-order valence-electron chi connectivity index (χ2n) is 4.65. The molecule has 1 heterocycles. The van der Waals surface area contributed by atoms with Gasteiger partial charge in [0.2, 0.25) is 0 Å². The van der Waals surface area contributed by atoms with Gasteiger partial charge in [-0.2, -0.15) is 0 Å². The van der Waals surface area contributed by atoms with Crippen LogP contribution in [-0.4, -0.2) is 18.9 Å². The summed E-state index contributed by atoms with van der Waals surface area (Å²) in [6.07, 6.45) is 0. The van der Waals surface area contributed by atoms with Gasteiger partial charge in [-0.25, -0.2) is 4.79 Å².